The van der Waals surface area contributed by atoms with Crippen molar-refractivity contribution in [2.24, 2.45) is 0 Å². The van der Waals surface area contributed by atoms with E-state index in [0.717, 1.165) is 10.9 Å². The van der Waals surface area contributed by atoms with Gasteiger partial charge in [0.15, 0.2) is 5.16 Å². The Hall–Kier alpha value is -1.27. The molecule has 0 saturated heterocycles. The molecule has 0 aliphatic rings. The van der Waals surface area contributed by atoms with Gasteiger partial charge in [-0.25, -0.2) is 9.97 Å². The van der Waals surface area contributed by atoms with Gasteiger partial charge in [0.25, 0.3) is 0 Å². The second kappa shape index (κ2) is 4.50. The molecule has 15 heavy (non-hydrogen) atoms. The molecule has 0 atom stereocenters. The maximum atomic E-state index is 5.96. The minimum atomic E-state index is 0.465. The lowest BCUT2D eigenvalue weighted by Crippen LogP contribution is -1.95. The normalized spacial score (nSPS) is 10.5. The Morgan fingerprint density at radius 1 is 1.47 bits per heavy atom. The van der Waals surface area contributed by atoms with Gasteiger partial charge in [-0.1, -0.05) is 23.4 Å². The molecule has 0 saturated carbocycles. The Morgan fingerprint density at radius 2 is 2.33 bits per heavy atom. The van der Waals surface area contributed by atoms with Gasteiger partial charge in [-0.3, -0.25) is 5.10 Å². The van der Waals surface area contributed by atoms with E-state index in [9.17, 15) is 0 Å². The van der Waals surface area contributed by atoms with Crippen molar-refractivity contribution in [3.05, 3.63) is 29.2 Å². The number of hydrogen-bond donors (Lipinski definition) is 2. The molecule has 0 aliphatic carbocycles. The summed E-state index contributed by atoms with van der Waals surface area (Å²) in [5.41, 5.74) is 6.31. The van der Waals surface area contributed by atoms with E-state index >= 15 is 0 Å². The van der Waals surface area contributed by atoms with Crippen molar-refractivity contribution in [1.29, 1.82) is 0 Å². The number of nitrogens with zero attached hydrogens (tertiary/aromatic N) is 3. The SMILES string of the molecule is Nc1ccc(Cl)c(CSc2ncn[nH]2)n1. The molecule has 0 radical (unpaired) electrons. The molecular formula is C8H8ClN5S. The van der Waals surface area contributed by atoms with Crippen LogP contribution >= 0.6 is 23.4 Å². The molecule has 0 aromatic carbocycles. The van der Waals surface area contributed by atoms with Gasteiger partial charge < -0.3 is 5.73 Å². The largest absolute Gasteiger partial charge is 0.384 e. The predicted molar refractivity (Wildman–Crippen MR) is 59.6 cm³/mol. The number of thioether (sulfide) groups is 1. The van der Waals surface area contributed by atoms with Crippen molar-refractivity contribution < 1.29 is 0 Å². The van der Waals surface area contributed by atoms with Gasteiger partial charge in [-0.2, -0.15) is 5.10 Å². The first kappa shape index (κ1) is 10.3. The number of nitrogens with two attached hydrogens (primary N) is 1. The molecule has 0 spiro atoms. The van der Waals surface area contributed by atoms with Crippen LogP contribution in [0.3, 0.4) is 0 Å². The van der Waals surface area contributed by atoms with E-state index in [4.69, 9.17) is 17.3 Å². The summed E-state index contributed by atoms with van der Waals surface area (Å²) in [5, 5.41) is 7.82. The third kappa shape index (κ3) is 2.60. The van der Waals surface area contributed by atoms with E-state index < -0.39 is 0 Å². The maximum absolute atomic E-state index is 5.96. The van der Waals surface area contributed by atoms with Crippen LogP contribution in [0.5, 0.6) is 0 Å². The van der Waals surface area contributed by atoms with Gasteiger partial charge in [-0.15, -0.1) is 0 Å². The van der Waals surface area contributed by atoms with E-state index in [2.05, 4.69) is 20.2 Å². The van der Waals surface area contributed by atoms with E-state index in [-0.39, 0.29) is 0 Å². The van der Waals surface area contributed by atoms with Crippen molar-refractivity contribution >= 4 is 29.2 Å². The lowest BCUT2D eigenvalue weighted by Gasteiger charge is -2.02. The molecule has 2 aromatic heterocycles. The van der Waals surface area contributed by atoms with Crippen molar-refractivity contribution in [3.63, 3.8) is 0 Å². The van der Waals surface area contributed by atoms with E-state index in [1.807, 2.05) is 0 Å². The third-order valence-corrected chi connectivity index (χ3v) is 2.91. The number of nitrogen functional groups attached to an aromatic ring is 1. The molecule has 0 unspecified atom stereocenters. The lowest BCUT2D eigenvalue weighted by molar-refractivity contribution is 0.971. The molecule has 2 heterocycles. The molecule has 0 amide bonds. The van der Waals surface area contributed by atoms with Gasteiger partial charge in [0.05, 0.1) is 10.7 Å². The molecule has 2 rings (SSSR count). The van der Waals surface area contributed by atoms with Crippen LogP contribution in [0.25, 0.3) is 0 Å². The average molecular weight is 242 g/mol. The fraction of sp³-hybridized carbons (Fsp3) is 0.125. The Kier molecular flexibility index (Phi) is 3.08. The molecule has 2 aromatic rings. The highest BCUT2D eigenvalue weighted by molar-refractivity contribution is 7.98. The lowest BCUT2D eigenvalue weighted by atomic mass is 10.4. The molecule has 78 valence electrons. The van der Waals surface area contributed by atoms with Crippen LogP contribution in [0.1, 0.15) is 5.69 Å². The zero-order chi connectivity index (χ0) is 10.7. The van der Waals surface area contributed by atoms with Crippen LogP contribution in [-0.2, 0) is 5.75 Å². The smallest absolute Gasteiger partial charge is 0.183 e. The monoisotopic (exact) mass is 241 g/mol. The van der Waals surface area contributed by atoms with Gasteiger partial charge in [-0.05, 0) is 12.1 Å². The summed E-state index contributed by atoms with van der Waals surface area (Å²) >= 11 is 7.43. The van der Waals surface area contributed by atoms with E-state index in [1.165, 1.54) is 18.1 Å². The quantitative estimate of drug-likeness (QED) is 0.800. The van der Waals surface area contributed by atoms with Crippen molar-refractivity contribution in [1.82, 2.24) is 20.2 Å². The summed E-state index contributed by atoms with van der Waals surface area (Å²) in [7, 11) is 0. The number of anilines is 1. The van der Waals surface area contributed by atoms with Crippen LogP contribution in [0.4, 0.5) is 5.82 Å². The fourth-order valence-corrected chi connectivity index (χ4v) is 1.99. The Balaban J connectivity index is 2.07. The number of hydrogen-bond acceptors (Lipinski definition) is 5. The van der Waals surface area contributed by atoms with Crippen molar-refractivity contribution in [3.8, 4) is 0 Å². The second-order valence-electron chi connectivity index (χ2n) is 2.74. The summed E-state index contributed by atoms with van der Waals surface area (Å²) in [4.78, 5) is 8.11. The predicted octanol–water partition coefficient (Wildman–Crippen LogP) is 1.73. The highest BCUT2D eigenvalue weighted by Gasteiger charge is 2.04. The molecule has 0 aliphatic heterocycles. The third-order valence-electron chi connectivity index (χ3n) is 1.68. The number of pyridine rings is 1. The second-order valence-corrected chi connectivity index (χ2v) is 4.12. The van der Waals surface area contributed by atoms with Crippen molar-refractivity contribution in [2.45, 2.75) is 10.9 Å². The molecule has 7 heteroatoms. The minimum Gasteiger partial charge on any atom is -0.384 e. The standard InChI is InChI=1S/C8H8ClN5S/c9-5-1-2-7(10)13-6(5)3-15-8-11-4-12-14-8/h1-2,4H,3H2,(H2,10,13)(H,11,12,14). The van der Waals surface area contributed by atoms with Crippen molar-refractivity contribution in [2.75, 3.05) is 5.73 Å². The van der Waals surface area contributed by atoms with Crippen LogP contribution in [0, 0.1) is 0 Å². The highest BCUT2D eigenvalue weighted by Crippen LogP contribution is 2.23. The number of rotatable bonds is 3. The molecule has 5 nitrogen and oxygen atoms in total. The Bertz CT molecular complexity index is 444. The number of aromatic amines is 1. The van der Waals surface area contributed by atoms with Gasteiger partial charge in [0, 0.05) is 5.75 Å². The Morgan fingerprint density at radius 3 is 3.07 bits per heavy atom. The number of nitrogens with one attached hydrogen (secondary N) is 1. The zero-order valence-electron chi connectivity index (χ0n) is 7.64. The van der Waals surface area contributed by atoms with Gasteiger partial charge >= 0.3 is 0 Å². The topological polar surface area (TPSA) is 80.5 Å². The molecule has 0 bridgehead atoms. The summed E-state index contributed by atoms with van der Waals surface area (Å²) in [6.07, 6.45) is 1.46. The van der Waals surface area contributed by atoms with E-state index in [0.29, 0.717) is 16.6 Å². The molecular weight excluding hydrogens is 234 g/mol. The van der Waals surface area contributed by atoms with Crippen LogP contribution < -0.4 is 5.73 Å². The Labute approximate surface area is 95.5 Å². The maximum Gasteiger partial charge on any atom is 0.183 e. The zero-order valence-corrected chi connectivity index (χ0v) is 9.22. The number of H-pyrrole nitrogens is 1. The van der Waals surface area contributed by atoms with Crippen LogP contribution in [-0.4, -0.2) is 20.2 Å². The summed E-state index contributed by atoms with van der Waals surface area (Å²) in [6, 6.07) is 3.41. The van der Waals surface area contributed by atoms with Gasteiger partial charge in [0.1, 0.15) is 12.1 Å². The minimum absolute atomic E-state index is 0.465. The first-order valence-electron chi connectivity index (χ1n) is 4.15. The molecule has 0 fully saturated rings. The van der Waals surface area contributed by atoms with Crippen LogP contribution in [0.2, 0.25) is 5.02 Å². The number of halogens is 1. The first-order chi connectivity index (χ1) is 7.25. The number of aromatic nitrogens is 4. The average Bonchev–Trinajstić information content (AvgIpc) is 2.72. The first-order valence-corrected chi connectivity index (χ1v) is 5.51. The fourth-order valence-electron chi connectivity index (χ4n) is 1.00. The summed E-state index contributed by atoms with van der Waals surface area (Å²) < 4.78 is 0. The van der Waals surface area contributed by atoms with Crippen LogP contribution in [0.15, 0.2) is 23.6 Å². The highest BCUT2D eigenvalue weighted by atomic mass is 35.5. The summed E-state index contributed by atoms with van der Waals surface area (Å²) in [5.74, 6) is 1.08. The molecule has 3 N–H and O–H groups in total. The van der Waals surface area contributed by atoms with E-state index in [1.54, 1.807) is 12.1 Å². The van der Waals surface area contributed by atoms with Gasteiger partial charge in [0.2, 0.25) is 0 Å². The summed E-state index contributed by atoms with van der Waals surface area (Å²) in [6.45, 7) is 0.